The van der Waals surface area contributed by atoms with Crippen molar-refractivity contribution in [2.75, 3.05) is 11.1 Å². The van der Waals surface area contributed by atoms with Gasteiger partial charge in [-0.25, -0.2) is 4.39 Å². The fourth-order valence-electron chi connectivity index (χ4n) is 1.91. The third kappa shape index (κ3) is 2.82. The van der Waals surface area contributed by atoms with Gasteiger partial charge in [0.15, 0.2) is 0 Å². The second-order valence-electron chi connectivity index (χ2n) is 4.55. The third-order valence-corrected chi connectivity index (χ3v) is 3.58. The maximum atomic E-state index is 13.7. The van der Waals surface area contributed by atoms with Crippen LogP contribution in [0.4, 0.5) is 15.8 Å². The number of anilines is 2. The van der Waals surface area contributed by atoms with Gasteiger partial charge in [0.05, 0.1) is 5.69 Å². The number of halogens is 2. The van der Waals surface area contributed by atoms with E-state index in [-0.39, 0.29) is 11.6 Å². The van der Waals surface area contributed by atoms with Gasteiger partial charge in [0, 0.05) is 15.7 Å². The van der Waals surface area contributed by atoms with Crippen LogP contribution in [0.15, 0.2) is 34.8 Å². The van der Waals surface area contributed by atoms with Crippen LogP contribution < -0.4 is 11.1 Å². The highest BCUT2D eigenvalue weighted by molar-refractivity contribution is 9.10. The molecule has 5 heteroatoms. The smallest absolute Gasteiger partial charge is 0.256 e. The van der Waals surface area contributed by atoms with Crippen molar-refractivity contribution in [3.8, 4) is 0 Å². The summed E-state index contributed by atoms with van der Waals surface area (Å²) in [6, 6.07) is 8.03. The number of hydrogen-bond donors (Lipinski definition) is 2. The molecule has 3 nitrogen and oxygen atoms in total. The molecule has 0 aromatic heterocycles. The molecule has 2 aromatic carbocycles. The Morgan fingerprint density at radius 2 is 2.00 bits per heavy atom. The zero-order chi connectivity index (χ0) is 14.9. The highest BCUT2D eigenvalue weighted by Crippen LogP contribution is 2.25. The lowest BCUT2D eigenvalue weighted by molar-refractivity contribution is 0.102. The van der Waals surface area contributed by atoms with Gasteiger partial charge in [0.2, 0.25) is 0 Å². The minimum atomic E-state index is -0.459. The summed E-state index contributed by atoms with van der Waals surface area (Å²) < 4.78 is 14.4. The highest BCUT2D eigenvalue weighted by Gasteiger charge is 2.15. The largest absolute Gasteiger partial charge is 0.398 e. The molecule has 0 unspecified atom stereocenters. The predicted octanol–water partition coefficient (Wildman–Crippen LogP) is 4.04. The van der Waals surface area contributed by atoms with Crippen molar-refractivity contribution in [2.24, 2.45) is 0 Å². The molecule has 0 radical (unpaired) electrons. The van der Waals surface area contributed by atoms with Gasteiger partial charge in [-0.2, -0.15) is 0 Å². The summed E-state index contributed by atoms with van der Waals surface area (Å²) in [5, 5.41) is 2.60. The van der Waals surface area contributed by atoms with E-state index >= 15 is 0 Å². The first-order chi connectivity index (χ1) is 9.40. The molecule has 0 aliphatic heterocycles. The van der Waals surface area contributed by atoms with Crippen LogP contribution in [0.3, 0.4) is 0 Å². The van der Waals surface area contributed by atoms with Gasteiger partial charge in [-0.15, -0.1) is 0 Å². The molecular formula is C15H14BrFN2O. The van der Waals surface area contributed by atoms with Gasteiger partial charge in [-0.3, -0.25) is 4.79 Å². The van der Waals surface area contributed by atoms with Crippen molar-refractivity contribution < 1.29 is 9.18 Å². The molecule has 0 spiro atoms. The van der Waals surface area contributed by atoms with Gasteiger partial charge in [0.25, 0.3) is 5.91 Å². The van der Waals surface area contributed by atoms with Crippen LogP contribution in [-0.4, -0.2) is 5.91 Å². The van der Waals surface area contributed by atoms with Gasteiger partial charge < -0.3 is 11.1 Å². The van der Waals surface area contributed by atoms with E-state index in [4.69, 9.17) is 5.73 Å². The summed E-state index contributed by atoms with van der Waals surface area (Å²) >= 11 is 3.30. The lowest BCUT2D eigenvalue weighted by atomic mass is 10.1. The number of rotatable bonds is 2. The van der Waals surface area contributed by atoms with E-state index in [1.807, 2.05) is 0 Å². The van der Waals surface area contributed by atoms with E-state index in [1.165, 1.54) is 6.07 Å². The zero-order valence-corrected chi connectivity index (χ0v) is 12.7. The number of carbonyl (C=O) groups excluding carboxylic acids is 1. The van der Waals surface area contributed by atoms with Crippen LogP contribution in [-0.2, 0) is 0 Å². The number of carbonyl (C=O) groups is 1. The molecule has 1 amide bonds. The molecule has 0 aliphatic rings. The Hall–Kier alpha value is -1.88. The number of nitrogen functional groups attached to an aromatic ring is 1. The van der Waals surface area contributed by atoms with Crippen LogP contribution in [0.2, 0.25) is 0 Å². The van der Waals surface area contributed by atoms with E-state index in [2.05, 4.69) is 21.2 Å². The average Bonchev–Trinajstić information content (AvgIpc) is 2.38. The van der Waals surface area contributed by atoms with Crippen molar-refractivity contribution in [3.05, 3.63) is 57.3 Å². The zero-order valence-electron chi connectivity index (χ0n) is 11.1. The van der Waals surface area contributed by atoms with Crippen molar-refractivity contribution in [3.63, 3.8) is 0 Å². The lowest BCUT2D eigenvalue weighted by Crippen LogP contribution is -2.16. The van der Waals surface area contributed by atoms with Gasteiger partial charge in [0.1, 0.15) is 5.82 Å². The Kier molecular flexibility index (Phi) is 4.09. The molecule has 20 heavy (non-hydrogen) atoms. The standard InChI is InChI=1S/C15H14BrFN2O/c1-8-4-3-5-12(17)14(8)19-15(20)11-6-10(16)7-13(18)9(11)2/h3-7H,18H2,1-2H3,(H,19,20). The molecule has 0 atom stereocenters. The second-order valence-corrected chi connectivity index (χ2v) is 5.47. The highest BCUT2D eigenvalue weighted by atomic mass is 79.9. The van der Waals surface area contributed by atoms with Gasteiger partial charge in [-0.05, 0) is 43.2 Å². The van der Waals surface area contributed by atoms with Gasteiger partial charge >= 0.3 is 0 Å². The van der Waals surface area contributed by atoms with Crippen LogP contribution >= 0.6 is 15.9 Å². The lowest BCUT2D eigenvalue weighted by Gasteiger charge is -2.12. The second kappa shape index (κ2) is 5.63. The van der Waals surface area contributed by atoms with Crippen molar-refractivity contribution in [1.82, 2.24) is 0 Å². The molecule has 2 aromatic rings. The Balaban J connectivity index is 2.39. The van der Waals surface area contributed by atoms with E-state index in [9.17, 15) is 9.18 Å². The molecule has 0 saturated carbocycles. The Morgan fingerprint density at radius 1 is 1.30 bits per heavy atom. The molecular weight excluding hydrogens is 323 g/mol. The number of para-hydroxylation sites is 1. The number of nitrogens with one attached hydrogen (secondary N) is 1. The third-order valence-electron chi connectivity index (χ3n) is 3.12. The van der Waals surface area contributed by atoms with E-state index < -0.39 is 5.82 Å². The topological polar surface area (TPSA) is 55.1 Å². The number of nitrogens with two attached hydrogens (primary N) is 1. The molecule has 0 aliphatic carbocycles. The number of hydrogen-bond acceptors (Lipinski definition) is 2. The normalized spacial score (nSPS) is 10.4. The van der Waals surface area contributed by atoms with Crippen molar-refractivity contribution in [2.45, 2.75) is 13.8 Å². The fourth-order valence-corrected chi connectivity index (χ4v) is 2.38. The van der Waals surface area contributed by atoms with Crippen LogP contribution in [0.1, 0.15) is 21.5 Å². The quantitative estimate of drug-likeness (QED) is 0.813. The summed E-state index contributed by atoms with van der Waals surface area (Å²) in [5.41, 5.74) is 8.28. The first-order valence-electron chi connectivity index (χ1n) is 6.02. The number of aryl methyl sites for hydroxylation is 1. The number of benzene rings is 2. The Labute approximate surface area is 125 Å². The van der Waals surface area contributed by atoms with Crippen LogP contribution in [0.25, 0.3) is 0 Å². The monoisotopic (exact) mass is 336 g/mol. The van der Waals surface area contributed by atoms with Crippen molar-refractivity contribution in [1.29, 1.82) is 0 Å². The average molecular weight is 337 g/mol. The first-order valence-corrected chi connectivity index (χ1v) is 6.81. The van der Waals surface area contributed by atoms with Crippen LogP contribution in [0.5, 0.6) is 0 Å². The van der Waals surface area contributed by atoms with E-state index in [1.54, 1.807) is 38.1 Å². The summed E-state index contributed by atoms with van der Waals surface area (Å²) in [4.78, 5) is 12.3. The first kappa shape index (κ1) is 14.5. The molecule has 2 rings (SSSR count). The summed E-state index contributed by atoms with van der Waals surface area (Å²) in [6.07, 6.45) is 0. The van der Waals surface area contributed by atoms with E-state index in [0.29, 0.717) is 26.9 Å². The maximum absolute atomic E-state index is 13.7. The predicted molar refractivity (Wildman–Crippen MR) is 82.4 cm³/mol. The summed E-state index contributed by atoms with van der Waals surface area (Å²) in [6.45, 7) is 3.49. The minimum absolute atomic E-state index is 0.190. The molecule has 0 bridgehead atoms. The molecule has 104 valence electrons. The maximum Gasteiger partial charge on any atom is 0.256 e. The molecule has 0 saturated heterocycles. The SMILES string of the molecule is Cc1cccc(F)c1NC(=O)c1cc(Br)cc(N)c1C. The fraction of sp³-hybridized carbons (Fsp3) is 0.133. The summed E-state index contributed by atoms with van der Waals surface area (Å²) in [5.74, 6) is -0.845. The minimum Gasteiger partial charge on any atom is -0.398 e. The number of amides is 1. The molecule has 0 fully saturated rings. The molecule has 3 N–H and O–H groups in total. The Morgan fingerprint density at radius 3 is 2.65 bits per heavy atom. The van der Waals surface area contributed by atoms with Gasteiger partial charge in [-0.1, -0.05) is 28.1 Å². The summed E-state index contributed by atoms with van der Waals surface area (Å²) in [7, 11) is 0. The molecule has 0 heterocycles. The van der Waals surface area contributed by atoms with E-state index in [0.717, 1.165) is 0 Å². The van der Waals surface area contributed by atoms with Crippen molar-refractivity contribution >= 4 is 33.2 Å². The van der Waals surface area contributed by atoms with Crippen LogP contribution in [0, 0.1) is 19.7 Å². The Bertz CT molecular complexity index is 666.